The fraction of sp³-hybridized carbons (Fsp3) is 0.538. The first-order chi connectivity index (χ1) is 30.1. The summed E-state index contributed by atoms with van der Waals surface area (Å²) in [6, 6.07) is 19.0. The molecule has 12 heteroatoms. The Hall–Kier alpha value is -1.12. The molecule has 4 aromatic carbocycles. The van der Waals surface area contributed by atoms with Crippen molar-refractivity contribution in [1.29, 1.82) is 0 Å². The molecule has 0 saturated heterocycles. The highest BCUT2D eigenvalue weighted by atomic mass is 33.1. The van der Waals surface area contributed by atoms with Gasteiger partial charge in [-0.15, -0.1) is 0 Å². The zero-order valence-electron chi connectivity index (χ0n) is 41.2. The molecule has 0 radical (unpaired) electrons. The summed E-state index contributed by atoms with van der Waals surface area (Å²) >= 11 is 0. The van der Waals surface area contributed by atoms with Gasteiger partial charge in [0.15, 0.2) is 0 Å². The van der Waals surface area contributed by atoms with Crippen molar-refractivity contribution in [3.8, 4) is 23.0 Å². The maximum atomic E-state index is 6.24. The van der Waals surface area contributed by atoms with Gasteiger partial charge in [-0.05, 0) is 43.9 Å². The fourth-order valence-corrected chi connectivity index (χ4v) is 15.9. The van der Waals surface area contributed by atoms with Crippen LogP contribution in [0.15, 0.2) is 48.5 Å². The minimum absolute atomic E-state index is 0.00966. The van der Waals surface area contributed by atoms with Crippen LogP contribution in [0.2, 0.25) is 0 Å². The van der Waals surface area contributed by atoms with Gasteiger partial charge in [-0.25, -0.2) is 0 Å². The molecule has 0 fully saturated rings. The molecule has 0 saturated carbocycles. The smallest absolute Gasteiger partial charge is 0.127 e. The van der Waals surface area contributed by atoms with Crippen molar-refractivity contribution in [2.24, 2.45) is 0 Å². The first-order valence-corrected chi connectivity index (χ1v) is 31.8. The quantitative estimate of drug-likeness (QED) is 0.183. The number of fused-ring (bicyclic) bond motifs is 8. The highest BCUT2D eigenvalue weighted by Crippen LogP contribution is 2.46. The summed E-state index contributed by atoms with van der Waals surface area (Å²) in [5, 5.41) is 0. The van der Waals surface area contributed by atoms with E-state index in [2.05, 4.69) is 132 Å². The molecule has 4 aromatic rings. The van der Waals surface area contributed by atoms with Crippen LogP contribution in [0.5, 0.6) is 23.0 Å². The fourth-order valence-electron chi connectivity index (χ4n) is 7.50. The molecule has 0 spiro atoms. The lowest BCUT2D eigenvalue weighted by Crippen LogP contribution is -2.13. The van der Waals surface area contributed by atoms with Crippen molar-refractivity contribution in [1.82, 2.24) is 0 Å². The summed E-state index contributed by atoms with van der Waals surface area (Å²) < 4.78 is 25.0. The predicted octanol–water partition coefficient (Wildman–Crippen LogP) is 17.6. The van der Waals surface area contributed by atoms with Crippen LogP contribution < -0.4 is 18.9 Å². The van der Waals surface area contributed by atoms with Gasteiger partial charge in [0, 0.05) is 90.5 Å². The number of ether oxygens (including phenoxy) is 4. The minimum Gasteiger partial charge on any atom is -0.496 e. The third kappa shape index (κ3) is 14.5. The molecule has 1 heterocycles. The second-order valence-corrected chi connectivity index (χ2v) is 30.3. The van der Waals surface area contributed by atoms with E-state index in [1.54, 1.807) is 0 Å². The van der Waals surface area contributed by atoms with Crippen molar-refractivity contribution in [3.63, 3.8) is 0 Å². The molecule has 64 heavy (non-hydrogen) atoms. The van der Waals surface area contributed by atoms with E-state index in [4.69, 9.17) is 18.9 Å². The van der Waals surface area contributed by atoms with Gasteiger partial charge in [0.25, 0.3) is 0 Å². The second kappa shape index (κ2) is 23.5. The summed E-state index contributed by atoms with van der Waals surface area (Å²) in [4.78, 5) is 0. The standard InChI is InChI=1S/C52H72O4S8/c1-49(2,3)41-17-33-25-57-59-27-35-19-42(50(4,5)6)21-37(46(35)54-14)29-61-63-31-39-23-44(52(10,11)12)24-40(48(39)56-16)32-64-62-30-38-22-43(51(7,8)9)20-36(47(38)55-15)28-60-58-26-34(18-41)45(33)53-13/h17-24H,25-32H2,1-16H3. The third-order valence-corrected chi connectivity index (χ3v) is 20.2. The lowest BCUT2D eigenvalue weighted by Gasteiger charge is -2.25. The molecule has 0 N–H and O–H groups in total. The number of rotatable bonds is 4. The van der Waals surface area contributed by atoms with Gasteiger partial charge in [-0.2, -0.15) is 0 Å². The van der Waals surface area contributed by atoms with Crippen LogP contribution in [0.4, 0.5) is 0 Å². The summed E-state index contributed by atoms with van der Waals surface area (Å²) in [6.07, 6.45) is 0. The van der Waals surface area contributed by atoms with E-state index in [0.29, 0.717) is 0 Å². The van der Waals surface area contributed by atoms with Crippen LogP contribution in [-0.2, 0) is 67.7 Å². The molecule has 4 nitrogen and oxygen atoms in total. The maximum absolute atomic E-state index is 6.24. The third-order valence-electron chi connectivity index (χ3n) is 11.3. The minimum atomic E-state index is 0.00966. The molecule has 0 amide bonds. The Labute approximate surface area is 419 Å². The van der Waals surface area contributed by atoms with Gasteiger partial charge < -0.3 is 18.9 Å². The molecular weight excluding hydrogens is 945 g/mol. The molecule has 0 aliphatic carbocycles. The second-order valence-electron chi connectivity index (χ2n) is 20.4. The predicted molar refractivity (Wildman–Crippen MR) is 297 cm³/mol. The molecule has 8 bridgehead atoms. The van der Waals surface area contributed by atoms with E-state index in [9.17, 15) is 0 Å². The topological polar surface area (TPSA) is 36.9 Å². The van der Waals surface area contributed by atoms with Gasteiger partial charge in [-0.3, -0.25) is 0 Å². The molecule has 5 rings (SSSR count). The van der Waals surface area contributed by atoms with E-state index >= 15 is 0 Å². The van der Waals surface area contributed by atoms with Gasteiger partial charge in [0.2, 0.25) is 0 Å². The van der Waals surface area contributed by atoms with Gasteiger partial charge in [-0.1, -0.05) is 218 Å². The number of hydrogen-bond donors (Lipinski definition) is 0. The Balaban J connectivity index is 1.54. The highest BCUT2D eigenvalue weighted by molar-refractivity contribution is 8.77. The summed E-state index contributed by atoms with van der Waals surface area (Å²) in [5.41, 5.74) is 15.4. The van der Waals surface area contributed by atoms with Crippen LogP contribution >= 0.6 is 86.4 Å². The normalized spacial score (nSPS) is 15.8. The largest absolute Gasteiger partial charge is 0.496 e. The van der Waals surface area contributed by atoms with Gasteiger partial charge in [0.05, 0.1) is 28.4 Å². The number of benzene rings is 4. The monoisotopic (exact) mass is 1020 g/mol. The average molecular weight is 1020 g/mol. The van der Waals surface area contributed by atoms with Gasteiger partial charge >= 0.3 is 0 Å². The Morgan fingerprint density at radius 1 is 0.266 bits per heavy atom. The van der Waals surface area contributed by atoms with Crippen LogP contribution in [0.3, 0.4) is 0 Å². The van der Waals surface area contributed by atoms with Crippen molar-refractivity contribution >= 4 is 86.4 Å². The maximum Gasteiger partial charge on any atom is 0.127 e. The van der Waals surface area contributed by atoms with Crippen LogP contribution in [-0.4, -0.2) is 28.4 Å². The Morgan fingerprint density at radius 3 is 0.484 bits per heavy atom. The first-order valence-electron chi connectivity index (χ1n) is 21.9. The van der Waals surface area contributed by atoms with Crippen LogP contribution in [0.1, 0.15) is 150 Å². The van der Waals surface area contributed by atoms with E-state index in [1.807, 2.05) is 115 Å². The van der Waals surface area contributed by atoms with Crippen molar-refractivity contribution in [2.45, 2.75) is 151 Å². The Kier molecular flexibility index (Phi) is 19.7. The lowest BCUT2D eigenvalue weighted by atomic mass is 9.85. The van der Waals surface area contributed by atoms with Crippen LogP contribution in [0, 0.1) is 0 Å². The molecule has 1 aliphatic heterocycles. The molecular formula is C52H72O4S8. The number of methoxy groups -OCH3 is 4. The lowest BCUT2D eigenvalue weighted by molar-refractivity contribution is 0.407. The summed E-state index contributed by atoms with van der Waals surface area (Å²) in [7, 11) is 22.5. The van der Waals surface area contributed by atoms with E-state index in [1.165, 1.54) is 66.8 Å². The summed E-state index contributed by atoms with van der Waals surface area (Å²) in [5.74, 6) is 10.8. The average Bonchev–Trinajstić information content (AvgIpc) is 3.21. The molecule has 0 aromatic heterocycles. The van der Waals surface area contributed by atoms with Gasteiger partial charge in [0.1, 0.15) is 23.0 Å². The highest BCUT2D eigenvalue weighted by Gasteiger charge is 2.25. The molecule has 0 unspecified atom stereocenters. The van der Waals surface area contributed by atoms with E-state index < -0.39 is 0 Å². The molecule has 0 atom stereocenters. The van der Waals surface area contributed by atoms with Crippen molar-refractivity contribution < 1.29 is 18.9 Å². The van der Waals surface area contributed by atoms with Crippen molar-refractivity contribution in [2.75, 3.05) is 28.4 Å². The van der Waals surface area contributed by atoms with Crippen molar-refractivity contribution in [3.05, 3.63) is 115 Å². The summed E-state index contributed by atoms with van der Waals surface area (Å²) in [6.45, 7) is 27.7. The zero-order chi connectivity index (χ0) is 47.0. The first kappa shape index (κ1) is 53.8. The SMILES string of the molecule is COc1c2cc(C(C)(C)C)cc1CSSCc1cc(C(C)(C)C)cc(c1OC)CSSCc1cc(C(C)(C)C)cc(c1OC)CSSCc1cc(C(C)(C)C)cc(c1OC)CSSC2. The molecule has 1 aliphatic rings. The Morgan fingerprint density at radius 2 is 0.391 bits per heavy atom. The Bertz CT molecular complexity index is 1780. The number of hydrogen-bond acceptors (Lipinski definition) is 12. The van der Waals surface area contributed by atoms with E-state index in [-0.39, 0.29) is 21.7 Å². The molecule has 352 valence electrons. The zero-order valence-corrected chi connectivity index (χ0v) is 47.7. The van der Waals surface area contributed by atoms with E-state index in [0.717, 1.165) is 69.0 Å². The van der Waals surface area contributed by atoms with Crippen LogP contribution in [0.25, 0.3) is 0 Å².